The van der Waals surface area contributed by atoms with Gasteiger partial charge in [-0.05, 0) is 43.7 Å². The Morgan fingerprint density at radius 1 is 1.20 bits per heavy atom. The van der Waals surface area contributed by atoms with E-state index in [0.29, 0.717) is 5.95 Å². The van der Waals surface area contributed by atoms with E-state index in [-0.39, 0.29) is 11.9 Å². The fourth-order valence-electron chi connectivity index (χ4n) is 2.15. The fourth-order valence-corrected chi connectivity index (χ4v) is 2.15. The topological polar surface area (TPSA) is 42.2 Å². The van der Waals surface area contributed by atoms with Crippen molar-refractivity contribution in [3.8, 4) is 0 Å². The van der Waals surface area contributed by atoms with Crippen LogP contribution in [0.3, 0.4) is 0 Å². The van der Waals surface area contributed by atoms with Gasteiger partial charge in [-0.25, -0.2) is 8.91 Å². The molecule has 2 aromatic heterocycles. The maximum absolute atomic E-state index is 13.2. The third-order valence-electron chi connectivity index (χ3n) is 3.24. The number of pyridine rings is 1. The van der Waals surface area contributed by atoms with E-state index in [9.17, 15) is 4.39 Å². The molecule has 0 aliphatic carbocycles. The minimum atomic E-state index is -0.241. The first kappa shape index (κ1) is 12.6. The summed E-state index contributed by atoms with van der Waals surface area (Å²) < 4.78 is 15.0. The van der Waals surface area contributed by atoms with E-state index in [1.807, 2.05) is 38.1 Å². The molecular formula is C15H15FN4. The summed E-state index contributed by atoms with van der Waals surface area (Å²) in [4.78, 5) is 4.41. The Morgan fingerprint density at radius 2 is 2.00 bits per heavy atom. The molecule has 5 heteroatoms. The number of fused-ring (bicyclic) bond motifs is 1. The van der Waals surface area contributed by atoms with E-state index in [2.05, 4.69) is 15.4 Å². The lowest BCUT2D eigenvalue weighted by molar-refractivity contribution is 0.623. The van der Waals surface area contributed by atoms with Crippen molar-refractivity contribution in [2.24, 2.45) is 0 Å². The van der Waals surface area contributed by atoms with Gasteiger partial charge in [0.05, 0.1) is 6.04 Å². The number of nitrogens with one attached hydrogen (secondary N) is 1. The Hall–Kier alpha value is -2.43. The van der Waals surface area contributed by atoms with Gasteiger partial charge in [0.15, 0.2) is 5.65 Å². The molecule has 3 aromatic rings. The zero-order chi connectivity index (χ0) is 14.1. The molecule has 1 atom stereocenters. The Morgan fingerprint density at radius 3 is 2.75 bits per heavy atom. The molecular weight excluding hydrogens is 255 g/mol. The summed E-state index contributed by atoms with van der Waals surface area (Å²) >= 11 is 0. The number of aryl methyl sites for hydroxylation is 1. The summed E-state index contributed by atoms with van der Waals surface area (Å²) in [6.45, 7) is 3.93. The summed E-state index contributed by atoms with van der Waals surface area (Å²) in [6.07, 6.45) is 0. The second-order valence-corrected chi connectivity index (χ2v) is 4.79. The highest BCUT2D eigenvalue weighted by molar-refractivity contribution is 5.45. The molecule has 0 saturated heterocycles. The van der Waals surface area contributed by atoms with Gasteiger partial charge in [0, 0.05) is 5.69 Å². The van der Waals surface area contributed by atoms with Crippen molar-refractivity contribution in [3.63, 3.8) is 0 Å². The summed E-state index contributed by atoms with van der Waals surface area (Å²) in [6, 6.07) is 12.3. The predicted molar refractivity (Wildman–Crippen MR) is 76.2 cm³/mol. The molecule has 0 aliphatic rings. The Balaban J connectivity index is 1.87. The van der Waals surface area contributed by atoms with Crippen LogP contribution in [0.2, 0.25) is 0 Å². The standard InChI is InChI=1S/C15H15FN4/c1-10-5-3-8-14-18-15(19-20(10)14)17-11(2)12-6-4-7-13(16)9-12/h3-9,11H,1-2H3,(H,17,19). The zero-order valence-corrected chi connectivity index (χ0v) is 11.3. The Bertz CT molecular complexity index is 750. The minimum absolute atomic E-state index is 0.0663. The highest BCUT2D eigenvalue weighted by atomic mass is 19.1. The quantitative estimate of drug-likeness (QED) is 0.793. The van der Waals surface area contributed by atoms with Gasteiger partial charge in [0.25, 0.3) is 0 Å². The van der Waals surface area contributed by atoms with Gasteiger partial charge in [0.2, 0.25) is 5.95 Å². The average molecular weight is 270 g/mol. The molecule has 0 fully saturated rings. The molecule has 102 valence electrons. The number of aromatic nitrogens is 3. The van der Waals surface area contributed by atoms with Crippen molar-refractivity contribution in [1.29, 1.82) is 0 Å². The predicted octanol–water partition coefficient (Wildman–Crippen LogP) is 3.35. The summed E-state index contributed by atoms with van der Waals surface area (Å²) in [5.74, 6) is 0.297. The first-order valence-corrected chi connectivity index (χ1v) is 6.48. The third kappa shape index (κ3) is 2.34. The van der Waals surface area contributed by atoms with E-state index >= 15 is 0 Å². The van der Waals surface area contributed by atoms with Crippen LogP contribution in [0.15, 0.2) is 42.5 Å². The lowest BCUT2D eigenvalue weighted by atomic mass is 10.1. The van der Waals surface area contributed by atoms with Gasteiger partial charge in [-0.2, -0.15) is 4.98 Å². The van der Waals surface area contributed by atoms with Crippen molar-refractivity contribution < 1.29 is 4.39 Å². The molecule has 0 radical (unpaired) electrons. The number of anilines is 1. The van der Waals surface area contributed by atoms with Gasteiger partial charge < -0.3 is 5.32 Å². The summed E-state index contributed by atoms with van der Waals surface area (Å²) in [7, 11) is 0. The normalized spacial score (nSPS) is 12.6. The number of halogens is 1. The van der Waals surface area contributed by atoms with E-state index in [1.54, 1.807) is 10.6 Å². The molecule has 4 nitrogen and oxygen atoms in total. The molecule has 0 aliphatic heterocycles. The van der Waals surface area contributed by atoms with Gasteiger partial charge in [0.1, 0.15) is 5.82 Å². The van der Waals surface area contributed by atoms with E-state index in [0.717, 1.165) is 16.9 Å². The summed E-state index contributed by atoms with van der Waals surface area (Å²) in [5.41, 5.74) is 2.67. The SMILES string of the molecule is Cc1cccc2nc(NC(C)c3cccc(F)c3)nn12. The molecule has 2 heterocycles. The highest BCUT2D eigenvalue weighted by Gasteiger charge is 2.10. The molecule has 20 heavy (non-hydrogen) atoms. The molecule has 0 spiro atoms. The van der Waals surface area contributed by atoms with Crippen LogP contribution in [0.1, 0.15) is 24.2 Å². The fraction of sp³-hybridized carbons (Fsp3) is 0.200. The highest BCUT2D eigenvalue weighted by Crippen LogP contribution is 2.18. The average Bonchev–Trinajstić information content (AvgIpc) is 2.83. The van der Waals surface area contributed by atoms with Crippen LogP contribution in [0.25, 0.3) is 5.65 Å². The van der Waals surface area contributed by atoms with Gasteiger partial charge in [-0.1, -0.05) is 18.2 Å². The van der Waals surface area contributed by atoms with E-state index in [1.165, 1.54) is 12.1 Å². The van der Waals surface area contributed by atoms with Crippen molar-refractivity contribution in [2.45, 2.75) is 19.9 Å². The third-order valence-corrected chi connectivity index (χ3v) is 3.24. The van der Waals surface area contributed by atoms with Crippen LogP contribution in [-0.2, 0) is 0 Å². The molecule has 3 rings (SSSR count). The second-order valence-electron chi connectivity index (χ2n) is 4.79. The molecule has 1 aromatic carbocycles. The lowest BCUT2D eigenvalue weighted by Gasteiger charge is -2.12. The maximum atomic E-state index is 13.2. The van der Waals surface area contributed by atoms with Crippen molar-refractivity contribution in [2.75, 3.05) is 5.32 Å². The van der Waals surface area contributed by atoms with E-state index in [4.69, 9.17) is 0 Å². The zero-order valence-electron chi connectivity index (χ0n) is 11.3. The summed E-state index contributed by atoms with van der Waals surface area (Å²) in [5, 5.41) is 7.59. The Kier molecular flexibility index (Phi) is 3.10. The van der Waals surface area contributed by atoms with E-state index < -0.39 is 0 Å². The lowest BCUT2D eigenvalue weighted by Crippen LogP contribution is -2.08. The van der Waals surface area contributed by atoms with Crippen LogP contribution in [0, 0.1) is 12.7 Å². The second kappa shape index (κ2) is 4.92. The van der Waals surface area contributed by atoms with Crippen LogP contribution >= 0.6 is 0 Å². The number of hydrogen-bond acceptors (Lipinski definition) is 3. The smallest absolute Gasteiger partial charge is 0.243 e. The molecule has 0 saturated carbocycles. The maximum Gasteiger partial charge on any atom is 0.243 e. The van der Waals surface area contributed by atoms with Crippen molar-refractivity contribution in [1.82, 2.24) is 14.6 Å². The minimum Gasteiger partial charge on any atom is -0.346 e. The van der Waals surface area contributed by atoms with Crippen molar-refractivity contribution in [3.05, 3.63) is 59.5 Å². The molecule has 1 unspecified atom stereocenters. The number of hydrogen-bond donors (Lipinski definition) is 1. The van der Waals surface area contributed by atoms with Crippen LogP contribution in [0.5, 0.6) is 0 Å². The number of nitrogens with zero attached hydrogens (tertiary/aromatic N) is 3. The van der Waals surface area contributed by atoms with Gasteiger partial charge in [-0.3, -0.25) is 0 Å². The molecule has 0 bridgehead atoms. The number of rotatable bonds is 3. The monoisotopic (exact) mass is 270 g/mol. The van der Waals surface area contributed by atoms with Crippen LogP contribution in [0.4, 0.5) is 10.3 Å². The van der Waals surface area contributed by atoms with Gasteiger partial charge >= 0.3 is 0 Å². The first-order valence-electron chi connectivity index (χ1n) is 6.48. The first-order chi connectivity index (χ1) is 9.63. The van der Waals surface area contributed by atoms with Crippen molar-refractivity contribution >= 4 is 11.6 Å². The molecule has 0 amide bonds. The molecule has 1 N–H and O–H groups in total. The number of benzene rings is 1. The van der Waals surface area contributed by atoms with Crippen LogP contribution < -0.4 is 5.32 Å². The Labute approximate surface area is 116 Å². The van der Waals surface area contributed by atoms with Crippen LogP contribution in [-0.4, -0.2) is 14.6 Å². The van der Waals surface area contributed by atoms with Gasteiger partial charge in [-0.15, -0.1) is 5.10 Å². The largest absolute Gasteiger partial charge is 0.346 e.